The zero-order valence-electron chi connectivity index (χ0n) is 16.7. The zero-order chi connectivity index (χ0) is 20.6. The van der Waals surface area contributed by atoms with Gasteiger partial charge in [-0.05, 0) is 69.6 Å². The number of aromatic nitrogens is 2. The van der Waals surface area contributed by atoms with Gasteiger partial charge < -0.3 is 5.32 Å². The van der Waals surface area contributed by atoms with Crippen molar-refractivity contribution in [2.75, 3.05) is 20.1 Å². The number of hydrogen-bond donors (Lipinski definition) is 3. The number of urea groups is 1. The molecule has 0 bridgehead atoms. The molecule has 29 heavy (non-hydrogen) atoms. The normalized spacial score (nSPS) is 14.3. The van der Waals surface area contributed by atoms with Crippen LogP contribution >= 0.6 is 0 Å². The first-order valence-corrected chi connectivity index (χ1v) is 10.1. The molecule has 0 atom stereocenters. The Bertz CT molecular complexity index is 815. The summed E-state index contributed by atoms with van der Waals surface area (Å²) in [5.74, 6) is -0.573. The van der Waals surface area contributed by atoms with Crippen LogP contribution in [0.25, 0.3) is 11.3 Å². The second-order valence-corrected chi connectivity index (χ2v) is 7.63. The lowest BCUT2D eigenvalue weighted by molar-refractivity contribution is -0.120. The van der Waals surface area contributed by atoms with Crippen molar-refractivity contribution in [1.29, 1.82) is 0 Å². The average Bonchev–Trinajstić information content (AvgIpc) is 3.34. The number of amides is 3. The molecule has 3 rings (SSSR count). The van der Waals surface area contributed by atoms with Crippen molar-refractivity contribution in [3.63, 3.8) is 0 Å². The van der Waals surface area contributed by atoms with Crippen molar-refractivity contribution in [2.45, 2.75) is 44.6 Å². The highest BCUT2D eigenvalue weighted by Crippen LogP contribution is 2.19. The van der Waals surface area contributed by atoms with Gasteiger partial charge in [-0.15, -0.1) is 0 Å². The number of carbonyl (C=O) groups is 2. The van der Waals surface area contributed by atoms with Gasteiger partial charge in [0.25, 0.3) is 0 Å². The van der Waals surface area contributed by atoms with Crippen LogP contribution in [0.15, 0.2) is 30.3 Å². The second-order valence-electron chi connectivity index (χ2n) is 7.63. The minimum Gasteiger partial charge on any atom is -0.335 e. The highest BCUT2D eigenvalue weighted by atomic mass is 19.1. The van der Waals surface area contributed by atoms with E-state index < -0.39 is 6.03 Å². The van der Waals surface area contributed by atoms with Crippen molar-refractivity contribution in [3.05, 3.63) is 41.8 Å². The van der Waals surface area contributed by atoms with E-state index in [-0.39, 0.29) is 24.3 Å². The highest BCUT2D eigenvalue weighted by molar-refractivity contribution is 5.95. The molecule has 1 aliphatic rings. The molecule has 0 saturated heterocycles. The number of carbonyl (C=O) groups excluding carboxylic acids is 2. The number of aromatic amines is 1. The molecular weight excluding hydrogens is 373 g/mol. The molecule has 1 saturated carbocycles. The maximum Gasteiger partial charge on any atom is 0.321 e. The number of benzene rings is 1. The highest BCUT2D eigenvalue weighted by Gasteiger charge is 2.18. The van der Waals surface area contributed by atoms with E-state index in [9.17, 15) is 14.0 Å². The third-order valence-electron chi connectivity index (χ3n) is 5.11. The molecule has 0 spiro atoms. The van der Waals surface area contributed by atoms with E-state index >= 15 is 0 Å². The van der Waals surface area contributed by atoms with Gasteiger partial charge in [0.15, 0.2) is 0 Å². The van der Waals surface area contributed by atoms with Gasteiger partial charge in [-0.3, -0.25) is 20.1 Å². The Morgan fingerprint density at radius 3 is 2.69 bits per heavy atom. The summed E-state index contributed by atoms with van der Waals surface area (Å²) in [6.07, 6.45) is 5.84. The largest absolute Gasteiger partial charge is 0.335 e. The summed E-state index contributed by atoms with van der Waals surface area (Å²) in [6, 6.07) is 7.97. The number of aryl methyl sites for hydroxylation is 1. The third kappa shape index (κ3) is 6.67. The lowest BCUT2D eigenvalue weighted by Gasteiger charge is -2.17. The van der Waals surface area contributed by atoms with Gasteiger partial charge in [0.1, 0.15) is 5.82 Å². The molecule has 1 heterocycles. The number of rotatable bonds is 8. The smallest absolute Gasteiger partial charge is 0.321 e. The van der Waals surface area contributed by atoms with E-state index in [0.29, 0.717) is 6.54 Å². The van der Waals surface area contributed by atoms with E-state index in [1.165, 1.54) is 12.1 Å². The Hall–Kier alpha value is -2.74. The van der Waals surface area contributed by atoms with Crippen molar-refractivity contribution in [1.82, 2.24) is 25.7 Å². The summed E-state index contributed by atoms with van der Waals surface area (Å²) in [5, 5.41) is 12.5. The average molecular weight is 401 g/mol. The summed E-state index contributed by atoms with van der Waals surface area (Å²) >= 11 is 0. The molecule has 1 aliphatic carbocycles. The summed E-state index contributed by atoms with van der Waals surface area (Å²) < 4.78 is 13.0. The molecule has 8 heteroatoms. The minimum absolute atomic E-state index is 0.169. The van der Waals surface area contributed by atoms with E-state index in [2.05, 4.69) is 20.8 Å². The quantitative estimate of drug-likeness (QED) is 0.634. The number of halogens is 1. The fraction of sp³-hybridized carbons (Fsp3) is 0.476. The zero-order valence-corrected chi connectivity index (χ0v) is 16.7. The molecule has 0 radical (unpaired) electrons. The second kappa shape index (κ2) is 10.2. The van der Waals surface area contributed by atoms with Crippen molar-refractivity contribution in [3.8, 4) is 11.3 Å². The molecule has 0 unspecified atom stereocenters. The van der Waals surface area contributed by atoms with Gasteiger partial charge in [0.05, 0.1) is 12.2 Å². The number of nitrogens with zero attached hydrogens (tertiary/aromatic N) is 2. The predicted octanol–water partition coefficient (Wildman–Crippen LogP) is 2.85. The number of H-pyrrole nitrogens is 1. The Labute approximate surface area is 170 Å². The van der Waals surface area contributed by atoms with E-state index in [4.69, 9.17) is 0 Å². The van der Waals surface area contributed by atoms with Crippen LogP contribution in [0.1, 0.15) is 37.8 Å². The first-order valence-electron chi connectivity index (χ1n) is 10.1. The first-order chi connectivity index (χ1) is 14.0. The molecule has 2 aromatic rings. The van der Waals surface area contributed by atoms with Gasteiger partial charge in [-0.2, -0.15) is 5.10 Å². The fourth-order valence-corrected chi connectivity index (χ4v) is 3.58. The predicted molar refractivity (Wildman–Crippen MR) is 109 cm³/mol. The lowest BCUT2D eigenvalue weighted by atomic mass is 10.1. The summed E-state index contributed by atoms with van der Waals surface area (Å²) in [7, 11) is 1.85. The van der Waals surface area contributed by atoms with Crippen LogP contribution in [0.2, 0.25) is 0 Å². The van der Waals surface area contributed by atoms with Gasteiger partial charge in [-0.25, -0.2) is 9.18 Å². The van der Waals surface area contributed by atoms with Gasteiger partial charge in [0.2, 0.25) is 5.91 Å². The molecular formula is C21H28FN5O2. The molecule has 1 fully saturated rings. The maximum atomic E-state index is 13.0. The SMILES string of the molecule is CN(CCCc1cc(-c2ccc(F)cc2)n[nH]1)CC(=O)NC(=O)NC1CCCC1. The fourth-order valence-electron chi connectivity index (χ4n) is 3.58. The first kappa shape index (κ1) is 21.0. The molecule has 1 aromatic carbocycles. The Morgan fingerprint density at radius 1 is 1.24 bits per heavy atom. The number of likely N-dealkylation sites (N-methyl/N-ethyl adjacent to an activating group) is 1. The summed E-state index contributed by atoms with van der Waals surface area (Å²) in [5.41, 5.74) is 2.62. The maximum absolute atomic E-state index is 13.0. The topological polar surface area (TPSA) is 90.1 Å². The number of nitrogens with one attached hydrogen (secondary N) is 3. The standard InChI is InChI=1S/C21H28FN5O2/c1-27(14-20(28)24-21(29)23-17-5-2-3-6-17)12-4-7-18-13-19(26-25-18)15-8-10-16(22)11-9-15/h8-11,13,17H,2-7,12,14H2,1H3,(H,25,26)(H2,23,24,28,29). The monoisotopic (exact) mass is 401 g/mol. The molecule has 1 aromatic heterocycles. The van der Waals surface area contributed by atoms with Crippen molar-refractivity contribution in [2.24, 2.45) is 0 Å². The van der Waals surface area contributed by atoms with E-state index in [0.717, 1.165) is 55.5 Å². The number of imide groups is 1. The number of hydrogen-bond acceptors (Lipinski definition) is 4. The molecule has 7 nitrogen and oxygen atoms in total. The Morgan fingerprint density at radius 2 is 1.97 bits per heavy atom. The summed E-state index contributed by atoms with van der Waals surface area (Å²) in [4.78, 5) is 25.7. The van der Waals surface area contributed by atoms with Crippen LogP contribution in [0.5, 0.6) is 0 Å². The van der Waals surface area contributed by atoms with Crippen LogP contribution < -0.4 is 10.6 Å². The molecule has 0 aliphatic heterocycles. The third-order valence-corrected chi connectivity index (χ3v) is 5.11. The van der Waals surface area contributed by atoms with Crippen LogP contribution in [0.4, 0.5) is 9.18 Å². The van der Waals surface area contributed by atoms with Crippen LogP contribution in [0, 0.1) is 5.82 Å². The van der Waals surface area contributed by atoms with Crippen LogP contribution in [0.3, 0.4) is 0 Å². The lowest BCUT2D eigenvalue weighted by Crippen LogP contribution is -2.46. The molecule has 3 N–H and O–H groups in total. The van der Waals surface area contributed by atoms with Crippen LogP contribution in [-0.4, -0.2) is 53.2 Å². The van der Waals surface area contributed by atoms with Gasteiger partial charge in [0, 0.05) is 17.3 Å². The van der Waals surface area contributed by atoms with E-state index in [1.807, 2.05) is 18.0 Å². The molecule has 3 amide bonds. The van der Waals surface area contributed by atoms with Crippen molar-refractivity contribution >= 4 is 11.9 Å². The van der Waals surface area contributed by atoms with E-state index in [1.54, 1.807) is 12.1 Å². The Kier molecular flexibility index (Phi) is 7.35. The molecule has 156 valence electrons. The van der Waals surface area contributed by atoms with Gasteiger partial charge in [-0.1, -0.05) is 12.8 Å². The Balaban J connectivity index is 1.35. The van der Waals surface area contributed by atoms with Crippen molar-refractivity contribution < 1.29 is 14.0 Å². The summed E-state index contributed by atoms with van der Waals surface area (Å²) in [6.45, 7) is 0.879. The van der Waals surface area contributed by atoms with Crippen LogP contribution in [-0.2, 0) is 11.2 Å². The van der Waals surface area contributed by atoms with Gasteiger partial charge >= 0.3 is 6.03 Å². The minimum atomic E-state index is -0.402.